The molecule has 0 aliphatic carbocycles. The second kappa shape index (κ2) is 6.51. The number of aromatic nitrogens is 2. The van der Waals surface area contributed by atoms with Gasteiger partial charge < -0.3 is 5.32 Å². The van der Waals surface area contributed by atoms with Crippen molar-refractivity contribution in [3.05, 3.63) is 75.9 Å². The third-order valence-electron chi connectivity index (χ3n) is 4.38. The van der Waals surface area contributed by atoms with E-state index >= 15 is 0 Å². The third kappa shape index (κ3) is 3.48. The van der Waals surface area contributed by atoms with Crippen LogP contribution in [0.5, 0.6) is 0 Å². The lowest BCUT2D eigenvalue weighted by molar-refractivity contribution is 0.102. The fourth-order valence-electron chi connectivity index (χ4n) is 3.05. The summed E-state index contributed by atoms with van der Waals surface area (Å²) >= 11 is 5.97. The van der Waals surface area contributed by atoms with Gasteiger partial charge in [-0.1, -0.05) is 35.4 Å². The quantitative estimate of drug-likeness (QED) is 0.728. The van der Waals surface area contributed by atoms with E-state index in [2.05, 4.69) is 10.4 Å². The summed E-state index contributed by atoms with van der Waals surface area (Å²) in [4.78, 5) is 12.7. The number of hydrogen-bond donors (Lipinski definition) is 1. The lowest BCUT2D eigenvalue weighted by Gasteiger charge is -2.11. The molecule has 2 heterocycles. The van der Waals surface area contributed by atoms with Crippen LogP contribution in [-0.2, 0) is 21.3 Å². The van der Waals surface area contributed by atoms with E-state index in [-0.39, 0.29) is 17.4 Å². The van der Waals surface area contributed by atoms with E-state index in [4.69, 9.17) is 11.6 Å². The highest BCUT2D eigenvalue weighted by Crippen LogP contribution is 2.33. The molecule has 0 fully saturated rings. The predicted molar refractivity (Wildman–Crippen MR) is 104 cm³/mol. The predicted octanol–water partition coefficient (Wildman–Crippen LogP) is 3.51. The van der Waals surface area contributed by atoms with Crippen molar-refractivity contribution >= 4 is 33.2 Å². The Morgan fingerprint density at radius 1 is 1.15 bits per heavy atom. The average molecular weight is 402 g/mol. The number of benzene rings is 2. The normalized spacial score (nSPS) is 14.7. The molecule has 0 saturated carbocycles. The number of anilines is 1. The van der Waals surface area contributed by atoms with Crippen LogP contribution in [0.1, 0.15) is 27.2 Å². The van der Waals surface area contributed by atoms with Gasteiger partial charge in [0.05, 0.1) is 22.9 Å². The number of aryl methyl sites for hydroxylation is 1. The molecule has 0 unspecified atom stereocenters. The maximum atomic E-state index is 12.7. The number of rotatable bonds is 3. The first-order chi connectivity index (χ1) is 12.8. The number of fused-ring (bicyclic) bond motifs is 1. The van der Waals surface area contributed by atoms with Crippen molar-refractivity contribution in [1.29, 1.82) is 0 Å². The van der Waals surface area contributed by atoms with Gasteiger partial charge in [0.1, 0.15) is 5.82 Å². The number of hydrogen-bond acceptors (Lipinski definition) is 4. The molecule has 1 aliphatic rings. The van der Waals surface area contributed by atoms with Crippen molar-refractivity contribution in [1.82, 2.24) is 9.78 Å². The first-order valence-corrected chi connectivity index (χ1v) is 10.5. The Labute approximate surface area is 161 Å². The highest BCUT2D eigenvalue weighted by molar-refractivity contribution is 7.90. The molecule has 8 heteroatoms. The summed E-state index contributed by atoms with van der Waals surface area (Å²) in [6.07, 6.45) is 0. The molecule has 1 amide bonds. The molecule has 0 saturated heterocycles. The fourth-order valence-corrected chi connectivity index (χ4v) is 4.74. The van der Waals surface area contributed by atoms with Crippen molar-refractivity contribution in [3.63, 3.8) is 0 Å². The van der Waals surface area contributed by atoms with Gasteiger partial charge in [-0.2, -0.15) is 5.10 Å². The number of halogens is 1. The van der Waals surface area contributed by atoms with Gasteiger partial charge in [0.2, 0.25) is 0 Å². The Hall–Kier alpha value is -2.64. The molecule has 0 radical (unpaired) electrons. The number of carbonyl (C=O) groups is 1. The van der Waals surface area contributed by atoms with Crippen LogP contribution in [0.15, 0.2) is 48.5 Å². The number of nitrogens with zero attached hydrogens (tertiary/aromatic N) is 2. The second-order valence-electron chi connectivity index (χ2n) is 6.52. The number of amides is 1. The molecule has 1 aliphatic heterocycles. The lowest BCUT2D eigenvalue weighted by atomic mass is 10.2. The van der Waals surface area contributed by atoms with E-state index < -0.39 is 9.84 Å². The van der Waals surface area contributed by atoms with Gasteiger partial charge in [0.25, 0.3) is 5.91 Å². The molecule has 1 N–H and O–H groups in total. The lowest BCUT2D eigenvalue weighted by Crippen LogP contribution is -2.17. The first-order valence-electron chi connectivity index (χ1n) is 8.27. The van der Waals surface area contributed by atoms with E-state index in [1.165, 1.54) is 0 Å². The molecule has 6 nitrogen and oxygen atoms in total. The van der Waals surface area contributed by atoms with Crippen LogP contribution in [0.2, 0.25) is 5.02 Å². The zero-order chi connectivity index (χ0) is 19.2. The van der Waals surface area contributed by atoms with Crippen molar-refractivity contribution in [2.24, 2.45) is 0 Å². The Morgan fingerprint density at radius 3 is 2.59 bits per heavy atom. The van der Waals surface area contributed by atoms with E-state index in [1.807, 2.05) is 31.2 Å². The summed E-state index contributed by atoms with van der Waals surface area (Å²) < 4.78 is 25.6. The first kappa shape index (κ1) is 17.8. The molecular formula is C19H16ClN3O3S. The van der Waals surface area contributed by atoms with Crippen LogP contribution in [0.4, 0.5) is 5.82 Å². The molecule has 3 aromatic rings. The van der Waals surface area contributed by atoms with Crippen LogP contribution in [0.25, 0.3) is 5.69 Å². The Bertz CT molecular complexity index is 1150. The van der Waals surface area contributed by atoms with Gasteiger partial charge in [-0.3, -0.25) is 4.79 Å². The van der Waals surface area contributed by atoms with Gasteiger partial charge in [0.15, 0.2) is 9.84 Å². The Balaban J connectivity index is 1.78. The summed E-state index contributed by atoms with van der Waals surface area (Å²) in [6.45, 7) is 1.97. The summed E-state index contributed by atoms with van der Waals surface area (Å²) in [5, 5.41) is 7.72. The van der Waals surface area contributed by atoms with E-state index in [1.54, 1.807) is 28.9 Å². The molecule has 27 heavy (non-hydrogen) atoms. The molecule has 138 valence electrons. The summed E-state index contributed by atoms with van der Waals surface area (Å²) in [5.74, 6) is -0.265. The average Bonchev–Trinajstić information content (AvgIpc) is 3.08. The monoisotopic (exact) mass is 401 g/mol. The van der Waals surface area contributed by atoms with E-state index in [0.29, 0.717) is 27.7 Å². The molecule has 4 rings (SSSR count). The number of carbonyl (C=O) groups excluding carboxylic acids is 1. The van der Waals surface area contributed by atoms with Gasteiger partial charge in [-0.15, -0.1) is 0 Å². The van der Waals surface area contributed by atoms with Crippen molar-refractivity contribution in [2.75, 3.05) is 5.32 Å². The standard InChI is InChI=1S/C19H16ClN3O3S/c1-12-5-7-15(8-6-12)23-18(16-10-27(25,26)11-17(16)22-23)21-19(24)13-3-2-4-14(20)9-13/h2-9H,10-11H2,1H3,(H,21,24). The van der Waals surface area contributed by atoms with Crippen LogP contribution < -0.4 is 5.32 Å². The van der Waals surface area contributed by atoms with Crippen LogP contribution in [-0.4, -0.2) is 24.1 Å². The van der Waals surface area contributed by atoms with Crippen LogP contribution in [0.3, 0.4) is 0 Å². The minimum absolute atomic E-state index is 0.124. The number of nitrogens with one attached hydrogen (secondary N) is 1. The molecule has 0 spiro atoms. The molecule has 2 aromatic carbocycles. The maximum Gasteiger partial charge on any atom is 0.256 e. The zero-order valence-electron chi connectivity index (χ0n) is 14.4. The largest absolute Gasteiger partial charge is 0.306 e. The second-order valence-corrected chi connectivity index (χ2v) is 9.02. The summed E-state index contributed by atoms with van der Waals surface area (Å²) in [6, 6.07) is 14.2. The van der Waals surface area contributed by atoms with Crippen molar-refractivity contribution < 1.29 is 13.2 Å². The molecular weight excluding hydrogens is 386 g/mol. The van der Waals surface area contributed by atoms with E-state index in [0.717, 1.165) is 11.3 Å². The fraction of sp³-hybridized carbons (Fsp3) is 0.158. The van der Waals surface area contributed by atoms with Gasteiger partial charge in [-0.05, 0) is 37.3 Å². The topological polar surface area (TPSA) is 81.1 Å². The maximum absolute atomic E-state index is 12.7. The van der Waals surface area contributed by atoms with Crippen LogP contribution in [0, 0.1) is 6.92 Å². The van der Waals surface area contributed by atoms with Crippen LogP contribution >= 0.6 is 11.6 Å². The SMILES string of the molecule is Cc1ccc(-n2nc3c(c2NC(=O)c2cccc(Cl)c2)CS(=O)(=O)C3)cc1. The smallest absolute Gasteiger partial charge is 0.256 e. The highest BCUT2D eigenvalue weighted by Gasteiger charge is 2.33. The highest BCUT2D eigenvalue weighted by atomic mass is 35.5. The Kier molecular flexibility index (Phi) is 4.28. The van der Waals surface area contributed by atoms with E-state index in [9.17, 15) is 13.2 Å². The number of sulfone groups is 1. The van der Waals surface area contributed by atoms with Gasteiger partial charge in [0, 0.05) is 16.1 Å². The minimum Gasteiger partial charge on any atom is -0.306 e. The van der Waals surface area contributed by atoms with Gasteiger partial charge in [-0.25, -0.2) is 13.1 Å². The molecule has 0 atom stereocenters. The van der Waals surface area contributed by atoms with Crippen molar-refractivity contribution in [3.8, 4) is 5.69 Å². The Morgan fingerprint density at radius 2 is 1.89 bits per heavy atom. The minimum atomic E-state index is -3.25. The summed E-state index contributed by atoms with van der Waals surface area (Å²) in [5.41, 5.74) is 3.22. The zero-order valence-corrected chi connectivity index (χ0v) is 16.0. The molecule has 1 aromatic heterocycles. The third-order valence-corrected chi connectivity index (χ3v) is 6.06. The molecule has 0 bridgehead atoms. The summed E-state index contributed by atoms with van der Waals surface area (Å²) in [7, 11) is -3.25. The van der Waals surface area contributed by atoms with Gasteiger partial charge >= 0.3 is 0 Å². The van der Waals surface area contributed by atoms with Crippen molar-refractivity contribution in [2.45, 2.75) is 18.4 Å².